The number of rotatable bonds is 5. The number of methoxy groups -OCH3 is 1. The molecule has 0 saturated carbocycles. The first-order chi connectivity index (χ1) is 15.9. The SMILES string of the molecule is COc1cccc([C@H]2Nc3ccc(S(=O)(=O)Nc4cc(C)ccc4C)cc3[C@H]3C=CC[C@H]32)c1. The van der Waals surface area contributed by atoms with Gasteiger partial charge in [-0.25, -0.2) is 8.42 Å². The lowest BCUT2D eigenvalue weighted by Gasteiger charge is -2.37. The average molecular weight is 461 g/mol. The molecule has 170 valence electrons. The van der Waals surface area contributed by atoms with Gasteiger partial charge in [-0.3, -0.25) is 4.72 Å². The second-order valence-corrected chi connectivity index (χ2v) is 10.6. The molecule has 0 radical (unpaired) electrons. The van der Waals surface area contributed by atoms with Crippen molar-refractivity contribution in [2.45, 2.75) is 37.1 Å². The quantitative estimate of drug-likeness (QED) is 0.463. The van der Waals surface area contributed by atoms with Gasteiger partial charge in [-0.1, -0.05) is 36.4 Å². The van der Waals surface area contributed by atoms with E-state index in [4.69, 9.17) is 4.74 Å². The van der Waals surface area contributed by atoms with Crippen molar-refractivity contribution in [2.75, 3.05) is 17.1 Å². The fraction of sp³-hybridized carbons (Fsp3) is 0.259. The molecular formula is C27H28N2O3S. The summed E-state index contributed by atoms with van der Waals surface area (Å²) in [5.74, 6) is 1.31. The first-order valence-corrected chi connectivity index (χ1v) is 12.7. The number of aryl methyl sites for hydroxylation is 2. The van der Waals surface area contributed by atoms with E-state index in [0.717, 1.165) is 34.5 Å². The van der Waals surface area contributed by atoms with Gasteiger partial charge in [0.2, 0.25) is 0 Å². The van der Waals surface area contributed by atoms with E-state index in [1.165, 1.54) is 5.56 Å². The average Bonchev–Trinajstić information content (AvgIpc) is 3.31. The highest BCUT2D eigenvalue weighted by Gasteiger charge is 2.38. The van der Waals surface area contributed by atoms with Crippen LogP contribution < -0.4 is 14.8 Å². The van der Waals surface area contributed by atoms with Crippen molar-refractivity contribution in [1.82, 2.24) is 0 Å². The number of allylic oxidation sites excluding steroid dienone is 2. The van der Waals surface area contributed by atoms with Crippen molar-refractivity contribution >= 4 is 21.4 Å². The summed E-state index contributed by atoms with van der Waals surface area (Å²) < 4.78 is 34.7. The molecule has 3 atom stereocenters. The van der Waals surface area contributed by atoms with E-state index in [0.29, 0.717) is 11.6 Å². The summed E-state index contributed by atoms with van der Waals surface area (Å²) >= 11 is 0. The van der Waals surface area contributed by atoms with E-state index in [-0.39, 0.29) is 16.9 Å². The van der Waals surface area contributed by atoms with E-state index in [1.807, 2.05) is 56.3 Å². The van der Waals surface area contributed by atoms with E-state index in [2.05, 4.69) is 34.3 Å². The molecule has 0 aromatic heterocycles. The van der Waals surface area contributed by atoms with Crippen LogP contribution in [0.2, 0.25) is 0 Å². The van der Waals surface area contributed by atoms with Crippen LogP contribution in [0.4, 0.5) is 11.4 Å². The molecule has 1 aliphatic carbocycles. The predicted octanol–water partition coefficient (Wildman–Crippen LogP) is 5.94. The Morgan fingerprint density at radius 1 is 1.03 bits per heavy atom. The zero-order valence-electron chi connectivity index (χ0n) is 19.0. The Bertz CT molecular complexity index is 1350. The Labute approximate surface area is 195 Å². The van der Waals surface area contributed by atoms with Crippen LogP contribution in [0, 0.1) is 19.8 Å². The van der Waals surface area contributed by atoms with E-state index in [1.54, 1.807) is 13.2 Å². The van der Waals surface area contributed by atoms with Gasteiger partial charge in [0, 0.05) is 11.6 Å². The van der Waals surface area contributed by atoms with Crippen LogP contribution >= 0.6 is 0 Å². The van der Waals surface area contributed by atoms with Crippen LogP contribution in [-0.4, -0.2) is 15.5 Å². The summed E-state index contributed by atoms with van der Waals surface area (Å²) in [6, 6.07) is 19.4. The first kappa shape index (κ1) is 21.6. The molecule has 1 heterocycles. The van der Waals surface area contributed by atoms with E-state index >= 15 is 0 Å². The monoisotopic (exact) mass is 460 g/mol. The zero-order chi connectivity index (χ0) is 23.2. The van der Waals surface area contributed by atoms with Gasteiger partial charge in [-0.15, -0.1) is 0 Å². The molecule has 2 aliphatic rings. The Morgan fingerprint density at radius 2 is 1.88 bits per heavy atom. The summed E-state index contributed by atoms with van der Waals surface area (Å²) in [5.41, 5.74) is 5.69. The molecule has 0 fully saturated rings. The first-order valence-electron chi connectivity index (χ1n) is 11.2. The van der Waals surface area contributed by atoms with Gasteiger partial charge in [0.1, 0.15) is 5.75 Å². The largest absolute Gasteiger partial charge is 0.497 e. The van der Waals surface area contributed by atoms with Crippen LogP contribution in [0.3, 0.4) is 0 Å². The van der Waals surface area contributed by atoms with Gasteiger partial charge in [-0.2, -0.15) is 0 Å². The highest BCUT2D eigenvalue weighted by molar-refractivity contribution is 7.92. The van der Waals surface area contributed by atoms with Crippen molar-refractivity contribution < 1.29 is 13.2 Å². The van der Waals surface area contributed by atoms with Crippen molar-refractivity contribution in [2.24, 2.45) is 5.92 Å². The number of benzene rings is 3. The molecule has 0 saturated heterocycles. The fourth-order valence-corrected chi connectivity index (χ4v) is 6.11. The summed E-state index contributed by atoms with van der Waals surface area (Å²) in [6.45, 7) is 3.85. The number of hydrogen-bond donors (Lipinski definition) is 2. The minimum Gasteiger partial charge on any atom is -0.497 e. The third-order valence-electron chi connectivity index (χ3n) is 6.73. The van der Waals surface area contributed by atoms with Gasteiger partial charge in [0.15, 0.2) is 0 Å². The molecule has 2 N–H and O–H groups in total. The molecule has 0 unspecified atom stereocenters. The molecule has 6 heteroatoms. The van der Waals surface area contributed by atoms with Crippen molar-refractivity contribution in [3.63, 3.8) is 0 Å². The standard InChI is InChI=1S/C27H28N2O3S/c1-17-10-11-18(2)26(14-17)29-33(30,31)21-12-13-25-24(16-21)22-8-5-9-23(22)27(28-25)19-6-4-7-20(15-19)32-3/h4-8,10-16,22-23,27-29H,9H2,1-3H3/t22-,23+,27+/m0/s1. The molecule has 5 rings (SSSR count). The molecule has 3 aromatic carbocycles. The lowest BCUT2D eigenvalue weighted by molar-refractivity contribution is 0.406. The van der Waals surface area contributed by atoms with Gasteiger partial charge in [0.25, 0.3) is 10.0 Å². The van der Waals surface area contributed by atoms with Crippen LogP contribution in [0.1, 0.15) is 40.6 Å². The van der Waals surface area contributed by atoms with E-state index < -0.39 is 10.0 Å². The molecule has 0 bridgehead atoms. The topological polar surface area (TPSA) is 67.4 Å². The number of sulfonamides is 1. The highest BCUT2D eigenvalue weighted by Crippen LogP contribution is 2.50. The summed E-state index contributed by atoms with van der Waals surface area (Å²) in [6.07, 6.45) is 5.36. The summed E-state index contributed by atoms with van der Waals surface area (Å²) in [7, 11) is -2.03. The van der Waals surface area contributed by atoms with Crippen LogP contribution in [0.5, 0.6) is 5.75 Å². The Balaban J connectivity index is 1.49. The number of nitrogens with one attached hydrogen (secondary N) is 2. The minimum absolute atomic E-state index is 0.128. The van der Waals surface area contributed by atoms with Crippen LogP contribution in [0.25, 0.3) is 0 Å². The second-order valence-electron chi connectivity index (χ2n) is 8.93. The number of anilines is 2. The maximum absolute atomic E-state index is 13.2. The number of fused-ring (bicyclic) bond motifs is 3. The molecule has 1 aliphatic heterocycles. The van der Waals surface area contributed by atoms with Gasteiger partial charge in [-0.05, 0) is 84.8 Å². The highest BCUT2D eigenvalue weighted by atomic mass is 32.2. The smallest absolute Gasteiger partial charge is 0.261 e. The molecule has 0 spiro atoms. The second kappa shape index (κ2) is 8.27. The Morgan fingerprint density at radius 3 is 2.70 bits per heavy atom. The molecular weight excluding hydrogens is 432 g/mol. The lowest BCUT2D eigenvalue weighted by Crippen LogP contribution is -2.29. The fourth-order valence-electron chi connectivity index (χ4n) is 4.95. The number of hydrogen-bond acceptors (Lipinski definition) is 4. The molecule has 0 amide bonds. The third kappa shape index (κ3) is 4.00. The summed E-state index contributed by atoms with van der Waals surface area (Å²) in [5, 5.41) is 3.67. The van der Waals surface area contributed by atoms with Gasteiger partial charge >= 0.3 is 0 Å². The summed E-state index contributed by atoms with van der Waals surface area (Å²) in [4.78, 5) is 0.280. The molecule has 33 heavy (non-hydrogen) atoms. The van der Waals surface area contributed by atoms with Gasteiger partial charge in [0.05, 0.1) is 23.7 Å². The Hall–Kier alpha value is -3.25. The normalized spacial score (nSPS) is 21.1. The Kier molecular flexibility index (Phi) is 5.41. The predicted molar refractivity (Wildman–Crippen MR) is 133 cm³/mol. The molecule has 3 aromatic rings. The maximum Gasteiger partial charge on any atom is 0.261 e. The molecule has 5 nitrogen and oxygen atoms in total. The minimum atomic E-state index is -3.71. The van der Waals surface area contributed by atoms with E-state index in [9.17, 15) is 8.42 Å². The van der Waals surface area contributed by atoms with Crippen molar-refractivity contribution in [3.8, 4) is 5.75 Å². The lowest BCUT2D eigenvalue weighted by atomic mass is 9.77. The van der Waals surface area contributed by atoms with Gasteiger partial charge < -0.3 is 10.1 Å². The number of ether oxygens (including phenoxy) is 1. The maximum atomic E-state index is 13.2. The van der Waals surface area contributed by atoms with Crippen LogP contribution in [0.15, 0.2) is 77.7 Å². The third-order valence-corrected chi connectivity index (χ3v) is 8.10. The van der Waals surface area contributed by atoms with Crippen molar-refractivity contribution in [3.05, 3.63) is 95.1 Å². The van der Waals surface area contributed by atoms with Crippen molar-refractivity contribution in [1.29, 1.82) is 0 Å². The zero-order valence-corrected chi connectivity index (χ0v) is 19.8. The van der Waals surface area contributed by atoms with Crippen LogP contribution in [-0.2, 0) is 10.0 Å².